The Bertz CT molecular complexity index is 351. The molecule has 1 aliphatic heterocycles. The second-order valence-electron chi connectivity index (χ2n) is 3.79. The number of halogens is 1. The Morgan fingerprint density at radius 2 is 2.31 bits per heavy atom. The van der Waals surface area contributed by atoms with Gasteiger partial charge in [-0.1, -0.05) is 0 Å². The summed E-state index contributed by atoms with van der Waals surface area (Å²) in [5.74, 6) is 3.50. The molecule has 0 unspecified atom stereocenters. The molecule has 16 heavy (non-hydrogen) atoms. The van der Waals surface area contributed by atoms with Crippen molar-refractivity contribution in [1.82, 2.24) is 4.98 Å². The topological polar surface area (TPSA) is 42.1 Å². The van der Waals surface area contributed by atoms with Gasteiger partial charge in [-0.2, -0.15) is 11.8 Å². The maximum absolute atomic E-state index is 5.77. The van der Waals surface area contributed by atoms with E-state index in [-0.39, 0.29) is 0 Å². The van der Waals surface area contributed by atoms with Crippen molar-refractivity contribution >= 4 is 33.5 Å². The van der Waals surface area contributed by atoms with E-state index >= 15 is 0 Å². The molecule has 0 spiro atoms. The zero-order valence-electron chi connectivity index (χ0n) is 9.16. The summed E-state index contributed by atoms with van der Waals surface area (Å²) in [5.41, 5.74) is 6.90. The van der Waals surface area contributed by atoms with Gasteiger partial charge >= 0.3 is 0 Å². The largest absolute Gasteiger partial charge is 0.355 e. The van der Waals surface area contributed by atoms with Gasteiger partial charge in [-0.15, -0.1) is 0 Å². The van der Waals surface area contributed by atoms with Crippen LogP contribution in [0.15, 0.2) is 16.7 Å². The third-order valence-electron chi connectivity index (χ3n) is 2.65. The van der Waals surface area contributed by atoms with E-state index in [4.69, 9.17) is 5.73 Å². The van der Waals surface area contributed by atoms with Crippen LogP contribution in [-0.4, -0.2) is 29.6 Å². The van der Waals surface area contributed by atoms with E-state index in [2.05, 4.69) is 31.9 Å². The molecule has 2 N–H and O–H groups in total. The van der Waals surface area contributed by atoms with E-state index in [0.717, 1.165) is 28.9 Å². The van der Waals surface area contributed by atoms with Crippen molar-refractivity contribution in [1.29, 1.82) is 0 Å². The number of nitrogens with zero attached hydrogens (tertiary/aromatic N) is 2. The standard InChI is InChI=1S/C11H16BrN3S/c12-10-6-9(7-13)11(14-8-10)15-2-1-4-16-5-3-15/h6,8H,1-5,7,13H2. The monoisotopic (exact) mass is 301 g/mol. The number of aromatic nitrogens is 1. The number of hydrogen-bond acceptors (Lipinski definition) is 4. The summed E-state index contributed by atoms with van der Waals surface area (Å²) >= 11 is 5.46. The maximum atomic E-state index is 5.77. The first-order valence-electron chi connectivity index (χ1n) is 5.48. The van der Waals surface area contributed by atoms with Crippen LogP contribution in [0.25, 0.3) is 0 Å². The fraction of sp³-hybridized carbons (Fsp3) is 0.545. The predicted octanol–water partition coefficient (Wildman–Crippen LogP) is 2.25. The molecule has 1 aliphatic rings. The summed E-state index contributed by atoms with van der Waals surface area (Å²) in [7, 11) is 0. The number of thioether (sulfide) groups is 1. The van der Waals surface area contributed by atoms with Crippen LogP contribution in [0, 0.1) is 0 Å². The zero-order chi connectivity index (χ0) is 11.4. The predicted molar refractivity (Wildman–Crippen MR) is 74.0 cm³/mol. The van der Waals surface area contributed by atoms with Gasteiger partial charge in [0.15, 0.2) is 0 Å². The highest BCUT2D eigenvalue weighted by atomic mass is 79.9. The van der Waals surface area contributed by atoms with Gasteiger partial charge < -0.3 is 10.6 Å². The Hall–Kier alpha value is -0.260. The number of nitrogens with two attached hydrogens (primary N) is 1. The molecule has 0 aliphatic carbocycles. The van der Waals surface area contributed by atoms with Crippen LogP contribution in [0.4, 0.5) is 5.82 Å². The van der Waals surface area contributed by atoms with Crippen LogP contribution >= 0.6 is 27.7 Å². The molecule has 0 radical (unpaired) electrons. The van der Waals surface area contributed by atoms with Gasteiger partial charge in [0.25, 0.3) is 0 Å². The highest BCUT2D eigenvalue weighted by molar-refractivity contribution is 9.10. The van der Waals surface area contributed by atoms with Crippen molar-refractivity contribution in [2.24, 2.45) is 5.73 Å². The van der Waals surface area contributed by atoms with E-state index in [1.807, 2.05) is 18.0 Å². The maximum Gasteiger partial charge on any atom is 0.133 e. The average Bonchev–Trinajstić information content (AvgIpc) is 2.57. The average molecular weight is 302 g/mol. The Labute approximate surface area is 109 Å². The molecule has 5 heteroatoms. The van der Waals surface area contributed by atoms with Gasteiger partial charge in [0.2, 0.25) is 0 Å². The molecular formula is C11H16BrN3S. The molecule has 0 bridgehead atoms. The highest BCUT2D eigenvalue weighted by Gasteiger charge is 2.14. The number of rotatable bonds is 2. The van der Waals surface area contributed by atoms with Gasteiger partial charge in [-0.25, -0.2) is 4.98 Å². The molecule has 2 heterocycles. The molecule has 2 rings (SSSR count). The van der Waals surface area contributed by atoms with Crippen molar-refractivity contribution in [2.45, 2.75) is 13.0 Å². The lowest BCUT2D eigenvalue weighted by Gasteiger charge is -2.23. The Morgan fingerprint density at radius 3 is 3.12 bits per heavy atom. The summed E-state index contributed by atoms with van der Waals surface area (Å²) in [4.78, 5) is 6.86. The number of anilines is 1. The lowest BCUT2D eigenvalue weighted by atomic mass is 10.2. The first-order chi connectivity index (χ1) is 7.81. The van der Waals surface area contributed by atoms with Crippen LogP contribution in [-0.2, 0) is 6.54 Å². The van der Waals surface area contributed by atoms with Crippen LogP contribution in [0.2, 0.25) is 0 Å². The summed E-state index contributed by atoms with van der Waals surface area (Å²) in [6, 6.07) is 2.07. The van der Waals surface area contributed by atoms with Gasteiger partial charge in [-0.05, 0) is 34.2 Å². The first-order valence-corrected chi connectivity index (χ1v) is 7.43. The van der Waals surface area contributed by atoms with Gasteiger partial charge in [0.05, 0.1) is 0 Å². The Balaban J connectivity index is 2.23. The van der Waals surface area contributed by atoms with E-state index < -0.39 is 0 Å². The van der Waals surface area contributed by atoms with E-state index in [9.17, 15) is 0 Å². The van der Waals surface area contributed by atoms with Crippen LogP contribution in [0.5, 0.6) is 0 Å². The molecule has 1 aromatic rings. The molecule has 0 aromatic carbocycles. The van der Waals surface area contributed by atoms with Crippen molar-refractivity contribution in [3.8, 4) is 0 Å². The minimum atomic E-state index is 0.547. The SMILES string of the molecule is NCc1cc(Br)cnc1N1CCCSCC1. The summed E-state index contributed by atoms with van der Waals surface area (Å²) in [5, 5.41) is 0. The molecule has 1 saturated heterocycles. The van der Waals surface area contributed by atoms with E-state index in [1.165, 1.54) is 17.9 Å². The quantitative estimate of drug-likeness (QED) is 0.910. The number of pyridine rings is 1. The molecule has 0 atom stereocenters. The smallest absolute Gasteiger partial charge is 0.133 e. The van der Waals surface area contributed by atoms with Crippen molar-refractivity contribution in [2.75, 3.05) is 29.5 Å². The highest BCUT2D eigenvalue weighted by Crippen LogP contribution is 2.23. The lowest BCUT2D eigenvalue weighted by Crippen LogP contribution is -2.28. The van der Waals surface area contributed by atoms with Crippen LogP contribution < -0.4 is 10.6 Å². The van der Waals surface area contributed by atoms with Crippen LogP contribution in [0.1, 0.15) is 12.0 Å². The van der Waals surface area contributed by atoms with E-state index in [0.29, 0.717) is 6.54 Å². The third-order valence-corrected chi connectivity index (χ3v) is 4.13. The summed E-state index contributed by atoms with van der Waals surface area (Å²) < 4.78 is 1.00. The fourth-order valence-electron chi connectivity index (χ4n) is 1.87. The summed E-state index contributed by atoms with van der Waals surface area (Å²) in [6.07, 6.45) is 3.08. The second-order valence-corrected chi connectivity index (χ2v) is 5.93. The molecule has 0 amide bonds. The van der Waals surface area contributed by atoms with Gasteiger partial charge in [0.1, 0.15) is 5.82 Å². The van der Waals surface area contributed by atoms with Gasteiger partial charge in [0, 0.05) is 41.6 Å². The molecule has 3 nitrogen and oxygen atoms in total. The zero-order valence-corrected chi connectivity index (χ0v) is 11.6. The lowest BCUT2D eigenvalue weighted by molar-refractivity contribution is 0.791. The Morgan fingerprint density at radius 1 is 1.44 bits per heavy atom. The first kappa shape index (κ1) is 12.2. The van der Waals surface area contributed by atoms with Crippen molar-refractivity contribution in [3.63, 3.8) is 0 Å². The molecule has 1 aromatic heterocycles. The minimum absolute atomic E-state index is 0.547. The molecule has 1 fully saturated rings. The van der Waals surface area contributed by atoms with Gasteiger partial charge in [-0.3, -0.25) is 0 Å². The van der Waals surface area contributed by atoms with Crippen molar-refractivity contribution < 1.29 is 0 Å². The molecule has 0 saturated carbocycles. The third kappa shape index (κ3) is 2.90. The Kier molecular flexibility index (Phi) is 4.49. The van der Waals surface area contributed by atoms with Crippen molar-refractivity contribution in [3.05, 3.63) is 22.3 Å². The molecule has 88 valence electrons. The minimum Gasteiger partial charge on any atom is -0.355 e. The van der Waals surface area contributed by atoms with Crippen LogP contribution in [0.3, 0.4) is 0 Å². The second kappa shape index (κ2) is 5.89. The number of hydrogen-bond donors (Lipinski definition) is 1. The molecular weight excluding hydrogens is 286 g/mol. The summed E-state index contributed by atoms with van der Waals surface area (Å²) in [6.45, 7) is 2.71. The normalized spacial score (nSPS) is 17.2. The van der Waals surface area contributed by atoms with E-state index in [1.54, 1.807) is 0 Å². The fourth-order valence-corrected chi connectivity index (χ4v) is 3.13.